The first-order valence-corrected chi connectivity index (χ1v) is 29.1. The van der Waals surface area contributed by atoms with Crippen molar-refractivity contribution in [3.8, 4) is 0 Å². The number of hydrogen-bond acceptors (Lipinski definition) is 6. The van der Waals surface area contributed by atoms with E-state index in [1.54, 1.807) is 0 Å². The minimum atomic E-state index is -0.804. The number of ether oxygens (including phenoxy) is 3. The molecule has 0 heterocycles. The van der Waals surface area contributed by atoms with E-state index in [0.29, 0.717) is 19.3 Å². The van der Waals surface area contributed by atoms with Crippen LogP contribution in [0, 0.1) is 0 Å². The molecule has 0 fully saturated rings. The minimum Gasteiger partial charge on any atom is -0.462 e. The maximum absolute atomic E-state index is 12.9. The van der Waals surface area contributed by atoms with Crippen LogP contribution in [-0.4, -0.2) is 37.2 Å². The highest BCUT2D eigenvalue weighted by Gasteiger charge is 2.19. The summed E-state index contributed by atoms with van der Waals surface area (Å²) in [6.45, 7) is 6.48. The van der Waals surface area contributed by atoms with Gasteiger partial charge in [0.15, 0.2) is 6.10 Å². The second kappa shape index (κ2) is 57.2. The molecule has 396 valence electrons. The molecule has 0 aromatic rings. The SMILES string of the molecule is CC/C=C\C/C=C\C/C=C\C/C=C\C/C=C\CCCC(=O)OCC(COC(=O)CCCCCCCCC/C=C\CCCCCCCC)OC(=O)CCCCCCCCC/C=C\CCCCCCCC. The van der Waals surface area contributed by atoms with Crippen molar-refractivity contribution in [1.82, 2.24) is 0 Å². The predicted molar refractivity (Wildman–Crippen MR) is 297 cm³/mol. The Kier molecular flexibility index (Phi) is 54.3. The van der Waals surface area contributed by atoms with E-state index in [1.165, 1.54) is 154 Å². The summed E-state index contributed by atoms with van der Waals surface area (Å²) in [5.74, 6) is -0.960. The van der Waals surface area contributed by atoms with Crippen LogP contribution in [0.2, 0.25) is 0 Å². The highest BCUT2D eigenvalue weighted by Crippen LogP contribution is 2.15. The Morgan fingerprint density at radius 3 is 0.957 bits per heavy atom. The lowest BCUT2D eigenvalue weighted by Crippen LogP contribution is -2.30. The van der Waals surface area contributed by atoms with Crippen LogP contribution < -0.4 is 0 Å². The molecule has 0 aromatic heterocycles. The van der Waals surface area contributed by atoms with E-state index in [1.807, 2.05) is 0 Å². The van der Waals surface area contributed by atoms with Gasteiger partial charge < -0.3 is 14.2 Å². The van der Waals surface area contributed by atoms with Crippen LogP contribution in [0.5, 0.6) is 0 Å². The van der Waals surface area contributed by atoms with Gasteiger partial charge in [-0.3, -0.25) is 14.4 Å². The zero-order valence-corrected chi connectivity index (χ0v) is 45.3. The molecule has 0 aliphatic heterocycles. The lowest BCUT2D eigenvalue weighted by atomic mass is 10.1. The van der Waals surface area contributed by atoms with Crippen molar-refractivity contribution >= 4 is 17.9 Å². The van der Waals surface area contributed by atoms with Crippen molar-refractivity contribution in [3.05, 3.63) is 85.1 Å². The molecule has 0 aliphatic carbocycles. The van der Waals surface area contributed by atoms with Gasteiger partial charge in [-0.05, 0) is 109 Å². The Hall–Kier alpha value is -3.41. The topological polar surface area (TPSA) is 78.9 Å². The highest BCUT2D eigenvalue weighted by molar-refractivity contribution is 5.71. The fourth-order valence-electron chi connectivity index (χ4n) is 8.00. The van der Waals surface area contributed by atoms with Crippen molar-refractivity contribution in [1.29, 1.82) is 0 Å². The van der Waals surface area contributed by atoms with E-state index >= 15 is 0 Å². The first-order chi connectivity index (χ1) is 34.0. The van der Waals surface area contributed by atoms with Gasteiger partial charge in [0.25, 0.3) is 0 Å². The van der Waals surface area contributed by atoms with Gasteiger partial charge in [-0.15, -0.1) is 0 Å². The highest BCUT2D eigenvalue weighted by atomic mass is 16.6. The van der Waals surface area contributed by atoms with Crippen LogP contribution in [0.1, 0.15) is 278 Å². The molecule has 1 atom stereocenters. The van der Waals surface area contributed by atoms with E-state index in [0.717, 1.165) is 77.0 Å². The second-order valence-electron chi connectivity index (χ2n) is 19.2. The minimum absolute atomic E-state index is 0.0977. The van der Waals surface area contributed by atoms with Crippen molar-refractivity contribution in [2.24, 2.45) is 0 Å². The maximum Gasteiger partial charge on any atom is 0.306 e. The Labute approximate surface area is 426 Å². The smallest absolute Gasteiger partial charge is 0.306 e. The number of hydrogen-bond donors (Lipinski definition) is 0. The molecule has 0 N–H and O–H groups in total. The molecule has 0 saturated carbocycles. The monoisotopic (exact) mass is 961 g/mol. The Bertz CT molecular complexity index is 1330. The summed E-state index contributed by atoms with van der Waals surface area (Å²) in [6.07, 6.45) is 74.3. The zero-order chi connectivity index (χ0) is 50.0. The molecule has 0 aliphatic rings. The summed E-state index contributed by atoms with van der Waals surface area (Å²) in [7, 11) is 0. The van der Waals surface area contributed by atoms with Crippen LogP contribution in [-0.2, 0) is 28.6 Å². The zero-order valence-electron chi connectivity index (χ0n) is 45.3. The average molecular weight is 962 g/mol. The van der Waals surface area contributed by atoms with Gasteiger partial charge in [-0.2, -0.15) is 0 Å². The quantitative estimate of drug-likeness (QED) is 0.0262. The summed E-state index contributed by atoms with van der Waals surface area (Å²) >= 11 is 0. The molecule has 0 amide bonds. The van der Waals surface area contributed by atoms with Crippen LogP contribution in [0.4, 0.5) is 0 Å². The lowest BCUT2D eigenvalue weighted by molar-refractivity contribution is -0.167. The van der Waals surface area contributed by atoms with Crippen molar-refractivity contribution in [2.45, 2.75) is 284 Å². The second-order valence-corrected chi connectivity index (χ2v) is 19.2. The molecule has 0 saturated heterocycles. The van der Waals surface area contributed by atoms with Crippen molar-refractivity contribution in [3.63, 3.8) is 0 Å². The van der Waals surface area contributed by atoms with Crippen molar-refractivity contribution in [2.75, 3.05) is 13.2 Å². The maximum atomic E-state index is 12.9. The standard InChI is InChI=1S/C63H108O6/c1-4-7-10-13-16-19-22-25-28-31-34-37-40-43-46-49-52-55-61(64)67-58-60(69-63(66)57-54-51-48-45-42-39-36-33-30-27-24-21-18-15-12-9-6-3)59-68-62(65)56-53-50-47-44-41-38-35-32-29-26-23-20-17-14-11-8-5-2/h7,10,16,19,25-30,34,37,43,46,60H,4-6,8-9,11-15,17-18,20-24,31-33,35-36,38-42,44-45,47-59H2,1-3H3/b10-7-,19-16-,28-25-,29-26-,30-27-,37-34-,46-43-. The predicted octanol–water partition coefficient (Wildman–Crippen LogP) is 19.5. The number of rotatable bonds is 52. The molecule has 0 spiro atoms. The lowest BCUT2D eigenvalue weighted by Gasteiger charge is -2.18. The average Bonchev–Trinajstić information content (AvgIpc) is 3.35. The Morgan fingerprint density at radius 1 is 0.304 bits per heavy atom. The molecule has 6 heteroatoms. The Morgan fingerprint density at radius 2 is 0.580 bits per heavy atom. The fraction of sp³-hybridized carbons (Fsp3) is 0.730. The van der Waals surface area contributed by atoms with Gasteiger partial charge in [0.1, 0.15) is 13.2 Å². The van der Waals surface area contributed by atoms with Crippen LogP contribution >= 0.6 is 0 Å². The van der Waals surface area contributed by atoms with E-state index in [2.05, 4.69) is 106 Å². The molecule has 0 rings (SSSR count). The van der Waals surface area contributed by atoms with Gasteiger partial charge in [0, 0.05) is 19.3 Å². The van der Waals surface area contributed by atoms with Gasteiger partial charge in [-0.1, -0.05) is 234 Å². The molecule has 0 bridgehead atoms. The number of allylic oxidation sites excluding steroid dienone is 14. The molecule has 69 heavy (non-hydrogen) atoms. The molecule has 1 unspecified atom stereocenters. The molecule has 0 aromatic carbocycles. The number of carbonyl (C=O) groups is 3. The van der Waals surface area contributed by atoms with Gasteiger partial charge in [0.05, 0.1) is 0 Å². The van der Waals surface area contributed by atoms with Crippen LogP contribution in [0.25, 0.3) is 0 Å². The number of esters is 3. The third-order valence-electron chi connectivity index (χ3n) is 12.4. The first-order valence-electron chi connectivity index (χ1n) is 29.1. The summed E-state index contributed by atoms with van der Waals surface area (Å²) in [6, 6.07) is 0. The Balaban J connectivity index is 4.47. The molecular weight excluding hydrogens is 853 g/mol. The summed E-state index contributed by atoms with van der Waals surface area (Å²) in [4.78, 5) is 38.2. The molecular formula is C63H108O6. The molecule has 6 nitrogen and oxygen atoms in total. The summed E-state index contributed by atoms with van der Waals surface area (Å²) < 4.78 is 16.8. The van der Waals surface area contributed by atoms with Crippen LogP contribution in [0.15, 0.2) is 85.1 Å². The summed E-state index contributed by atoms with van der Waals surface area (Å²) in [5, 5.41) is 0. The third kappa shape index (κ3) is 55.4. The summed E-state index contributed by atoms with van der Waals surface area (Å²) in [5.41, 5.74) is 0. The number of unbranched alkanes of at least 4 members (excludes halogenated alkanes) is 27. The van der Waals surface area contributed by atoms with Crippen LogP contribution in [0.3, 0.4) is 0 Å². The van der Waals surface area contributed by atoms with Gasteiger partial charge in [0.2, 0.25) is 0 Å². The fourth-order valence-corrected chi connectivity index (χ4v) is 8.00. The number of carbonyl (C=O) groups excluding carboxylic acids is 3. The van der Waals surface area contributed by atoms with Crippen molar-refractivity contribution < 1.29 is 28.6 Å². The van der Waals surface area contributed by atoms with Gasteiger partial charge in [-0.25, -0.2) is 0 Å². The van der Waals surface area contributed by atoms with E-state index in [4.69, 9.17) is 14.2 Å². The van der Waals surface area contributed by atoms with E-state index in [9.17, 15) is 14.4 Å². The first kappa shape index (κ1) is 65.6. The molecule has 0 radical (unpaired) electrons. The van der Waals surface area contributed by atoms with E-state index < -0.39 is 6.10 Å². The van der Waals surface area contributed by atoms with E-state index in [-0.39, 0.29) is 37.5 Å². The largest absolute Gasteiger partial charge is 0.462 e. The third-order valence-corrected chi connectivity index (χ3v) is 12.4. The normalized spacial score (nSPS) is 12.7. The van der Waals surface area contributed by atoms with Gasteiger partial charge >= 0.3 is 17.9 Å².